The molecule has 2 unspecified atom stereocenters. The molecule has 1 aromatic rings. The first-order valence-corrected chi connectivity index (χ1v) is 12.0. The molecule has 3 aliphatic rings. The van der Waals surface area contributed by atoms with Gasteiger partial charge in [-0.1, -0.05) is 6.07 Å². The van der Waals surface area contributed by atoms with Crippen LogP contribution in [-0.2, 0) is 16.6 Å². The molecule has 0 spiro atoms. The molecule has 0 aromatic heterocycles. The number of nitrogens with two attached hydrogens (primary N) is 3. The lowest BCUT2D eigenvalue weighted by molar-refractivity contribution is -0.140. The van der Waals surface area contributed by atoms with Crippen molar-refractivity contribution < 1.29 is 19.8 Å². The van der Waals surface area contributed by atoms with Gasteiger partial charge in [-0.3, -0.25) is 14.6 Å². The lowest BCUT2D eigenvalue weighted by Crippen LogP contribution is -2.63. The summed E-state index contributed by atoms with van der Waals surface area (Å²) in [5.41, 5.74) is 18.0. The van der Waals surface area contributed by atoms with E-state index in [0.717, 1.165) is 43.4 Å². The number of phenols is 1. The first-order chi connectivity index (χ1) is 16.1. The molecule has 5 atom stereocenters. The first-order valence-electron chi connectivity index (χ1n) is 12.0. The number of likely N-dealkylation sites (tertiary alicyclic amines) is 1. The number of likely N-dealkylation sites (N-methyl/N-ethyl adjacent to an activating group) is 1. The number of rotatable bonds is 8. The second kappa shape index (κ2) is 9.42. The number of nitrogens with one attached hydrogen (secondary N) is 1. The van der Waals surface area contributed by atoms with E-state index in [1.165, 1.54) is 0 Å². The average Bonchev–Trinajstić information content (AvgIpc) is 2.77. The molecule has 10 heteroatoms. The zero-order valence-corrected chi connectivity index (χ0v) is 19.7. The Labute approximate surface area is 199 Å². The largest absolute Gasteiger partial charge is 0.507 e. The van der Waals surface area contributed by atoms with Crippen LogP contribution >= 0.6 is 0 Å². The van der Waals surface area contributed by atoms with E-state index < -0.39 is 17.9 Å². The highest BCUT2D eigenvalue weighted by Crippen LogP contribution is 2.58. The van der Waals surface area contributed by atoms with E-state index in [-0.39, 0.29) is 28.7 Å². The van der Waals surface area contributed by atoms with Gasteiger partial charge in [0.05, 0.1) is 5.56 Å². The summed E-state index contributed by atoms with van der Waals surface area (Å²) in [7, 11) is 2.15. The smallest absolute Gasteiger partial charge is 0.320 e. The summed E-state index contributed by atoms with van der Waals surface area (Å²) in [4.78, 5) is 30.3. The average molecular weight is 473 g/mol. The first kappa shape index (κ1) is 24.3. The van der Waals surface area contributed by atoms with Crippen molar-refractivity contribution in [2.45, 2.75) is 68.5 Å². The van der Waals surface area contributed by atoms with Crippen molar-refractivity contribution in [3.05, 3.63) is 28.8 Å². The van der Waals surface area contributed by atoms with E-state index >= 15 is 0 Å². The lowest BCUT2D eigenvalue weighted by atomic mass is 9.51. The van der Waals surface area contributed by atoms with Crippen LogP contribution < -0.4 is 22.5 Å². The Bertz CT molecular complexity index is 994. The van der Waals surface area contributed by atoms with Crippen molar-refractivity contribution in [3.63, 3.8) is 0 Å². The standard InChI is InChI=1S/C24H36N6O4/c1-30-10-8-24-12-14(29-17(22(33)34)3-2-9-28-23(26)27)5-7-16(24)18(30)11-13-4-6-15(21(25)32)20(31)19(13)24/h4,6,14,16-18,29,31H,2-3,5,7-12H2,1H3,(H2,25,32)(H,33,34)(H4,26,27,28)/t14-,16?,17?,18-,24+/m1/s1. The fourth-order valence-electron chi connectivity index (χ4n) is 6.75. The molecule has 4 rings (SSSR count). The van der Waals surface area contributed by atoms with Gasteiger partial charge in [0.1, 0.15) is 11.8 Å². The summed E-state index contributed by atoms with van der Waals surface area (Å²) in [5.74, 6) is -1.20. The Hall–Kier alpha value is -2.85. The minimum absolute atomic E-state index is 0.000166. The number of carboxylic acids is 1. The number of fused-ring (bicyclic) bond motifs is 1. The number of hydrogen-bond acceptors (Lipinski definition) is 6. The van der Waals surface area contributed by atoms with E-state index in [9.17, 15) is 19.8 Å². The molecule has 2 bridgehead atoms. The second-order valence-electron chi connectivity index (χ2n) is 10.1. The number of piperidine rings is 1. The number of hydrogen-bond donors (Lipinski definition) is 6. The number of benzene rings is 1. The molecule has 2 fully saturated rings. The molecule has 9 N–H and O–H groups in total. The summed E-state index contributed by atoms with van der Waals surface area (Å²) >= 11 is 0. The van der Waals surface area contributed by atoms with E-state index in [4.69, 9.17) is 17.2 Å². The van der Waals surface area contributed by atoms with Crippen molar-refractivity contribution in [1.29, 1.82) is 0 Å². The van der Waals surface area contributed by atoms with Gasteiger partial charge in [0, 0.05) is 29.6 Å². The van der Waals surface area contributed by atoms with Gasteiger partial charge in [0.15, 0.2) is 5.96 Å². The Morgan fingerprint density at radius 3 is 2.74 bits per heavy atom. The maximum Gasteiger partial charge on any atom is 0.320 e. The number of aromatic hydroxyl groups is 1. The van der Waals surface area contributed by atoms with Crippen molar-refractivity contribution in [2.75, 3.05) is 20.1 Å². The fraction of sp³-hybridized carbons (Fsp3) is 0.625. The number of nitrogens with zero attached hydrogens (tertiary/aromatic N) is 2. The summed E-state index contributed by atoms with van der Waals surface area (Å²) in [6.07, 6.45) is 5.13. The zero-order chi connectivity index (χ0) is 24.6. The number of primary amides is 1. The molecular weight excluding hydrogens is 436 g/mol. The third kappa shape index (κ3) is 4.32. The number of amides is 1. The Morgan fingerprint density at radius 1 is 1.29 bits per heavy atom. The van der Waals surface area contributed by atoms with Gasteiger partial charge in [-0.2, -0.15) is 0 Å². The van der Waals surface area contributed by atoms with Crippen LogP contribution in [0.5, 0.6) is 5.75 Å². The zero-order valence-electron chi connectivity index (χ0n) is 19.7. The third-order valence-corrected chi connectivity index (χ3v) is 8.22. The molecule has 1 saturated carbocycles. The molecule has 1 heterocycles. The van der Waals surface area contributed by atoms with Crippen LogP contribution in [0.25, 0.3) is 0 Å². The number of guanidine groups is 1. The number of carbonyl (C=O) groups excluding carboxylic acids is 1. The number of aliphatic carboxylic acids is 1. The summed E-state index contributed by atoms with van der Waals surface area (Å²) in [6, 6.07) is 3.18. The molecule has 186 valence electrons. The van der Waals surface area contributed by atoms with Crippen LogP contribution in [0.2, 0.25) is 0 Å². The van der Waals surface area contributed by atoms with Crippen LogP contribution in [0.3, 0.4) is 0 Å². The summed E-state index contributed by atoms with van der Waals surface area (Å²) in [5, 5.41) is 24.4. The normalized spacial score (nSPS) is 28.9. The van der Waals surface area contributed by atoms with Gasteiger partial charge in [0.2, 0.25) is 0 Å². The number of carbonyl (C=O) groups is 2. The molecule has 10 nitrogen and oxygen atoms in total. The van der Waals surface area contributed by atoms with Crippen LogP contribution in [0.1, 0.15) is 60.0 Å². The van der Waals surface area contributed by atoms with E-state index in [1.54, 1.807) is 6.07 Å². The Kier molecular flexibility index (Phi) is 6.73. The van der Waals surface area contributed by atoms with Crippen LogP contribution in [0.4, 0.5) is 0 Å². The Balaban J connectivity index is 1.62. The fourth-order valence-corrected chi connectivity index (χ4v) is 6.75. The summed E-state index contributed by atoms with van der Waals surface area (Å²) in [6.45, 7) is 1.27. The van der Waals surface area contributed by atoms with E-state index in [1.807, 2.05) is 6.07 Å². The van der Waals surface area contributed by atoms with E-state index in [0.29, 0.717) is 37.8 Å². The molecule has 0 radical (unpaired) electrons. The van der Waals surface area contributed by atoms with Gasteiger partial charge < -0.3 is 37.6 Å². The summed E-state index contributed by atoms with van der Waals surface area (Å²) < 4.78 is 0. The van der Waals surface area contributed by atoms with Crippen LogP contribution in [0, 0.1) is 5.92 Å². The second-order valence-corrected chi connectivity index (χ2v) is 10.1. The van der Waals surface area contributed by atoms with Crippen molar-refractivity contribution in [1.82, 2.24) is 10.2 Å². The predicted molar refractivity (Wildman–Crippen MR) is 129 cm³/mol. The highest BCUT2D eigenvalue weighted by atomic mass is 16.4. The monoisotopic (exact) mass is 472 g/mol. The predicted octanol–water partition coefficient (Wildman–Crippen LogP) is 0.254. The lowest BCUT2D eigenvalue weighted by Gasteiger charge is -2.60. The minimum Gasteiger partial charge on any atom is -0.507 e. The van der Waals surface area contributed by atoms with Gasteiger partial charge >= 0.3 is 5.97 Å². The quantitative estimate of drug-likeness (QED) is 0.177. The molecule has 34 heavy (non-hydrogen) atoms. The van der Waals surface area contributed by atoms with Crippen molar-refractivity contribution in [2.24, 2.45) is 28.1 Å². The van der Waals surface area contributed by atoms with Gasteiger partial charge in [-0.15, -0.1) is 0 Å². The van der Waals surface area contributed by atoms with Crippen molar-refractivity contribution in [3.8, 4) is 5.75 Å². The number of carboxylic acid groups (broad SMARTS) is 1. The molecule has 1 amide bonds. The topological polar surface area (TPSA) is 180 Å². The number of aliphatic imine (C=N–C) groups is 1. The molecule has 1 aliphatic heterocycles. The molecule has 2 aliphatic carbocycles. The molecular formula is C24H36N6O4. The van der Waals surface area contributed by atoms with Gasteiger partial charge in [0.25, 0.3) is 5.91 Å². The highest BCUT2D eigenvalue weighted by molar-refractivity contribution is 5.96. The SMILES string of the molecule is CN1CC[C@]23C[C@H](NC(CCCN=C(N)N)C(=O)O)CCC2[C@H]1Cc1ccc(C(N)=O)c(O)c13. The maximum absolute atomic E-state index is 12.0. The molecule has 1 saturated heterocycles. The third-order valence-electron chi connectivity index (χ3n) is 8.22. The minimum atomic E-state index is -0.895. The maximum atomic E-state index is 12.0. The Morgan fingerprint density at radius 2 is 2.06 bits per heavy atom. The molecule has 1 aromatic carbocycles. The highest BCUT2D eigenvalue weighted by Gasteiger charge is 2.56. The van der Waals surface area contributed by atoms with E-state index in [2.05, 4.69) is 22.3 Å². The van der Waals surface area contributed by atoms with Crippen LogP contribution in [-0.4, -0.2) is 71.2 Å². The van der Waals surface area contributed by atoms with Gasteiger partial charge in [-0.25, -0.2) is 0 Å². The van der Waals surface area contributed by atoms with Gasteiger partial charge in [-0.05, 0) is 76.1 Å². The van der Waals surface area contributed by atoms with Crippen molar-refractivity contribution >= 4 is 17.8 Å². The van der Waals surface area contributed by atoms with Crippen LogP contribution in [0.15, 0.2) is 17.1 Å².